The molecular formula is C22H26N4O4. The second-order valence-corrected chi connectivity index (χ2v) is 7.24. The summed E-state index contributed by atoms with van der Waals surface area (Å²) < 4.78 is 10.8. The molecule has 0 aliphatic carbocycles. The van der Waals surface area contributed by atoms with Gasteiger partial charge in [0.25, 0.3) is 5.91 Å². The SMILES string of the molecule is COc1cc(C(=O)NCCCN2CCOCC2)ccc1-c1nc2c(O)cccc2[nH]1. The van der Waals surface area contributed by atoms with Crippen molar-refractivity contribution in [2.24, 2.45) is 0 Å². The largest absolute Gasteiger partial charge is 0.506 e. The molecule has 1 saturated heterocycles. The maximum Gasteiger partial charge on any atom is 0.251 e. The van der Waals surface area contributed by atoms with Crippen molar-refractivity contribution in [2.75, 3.05) is 46.5 Å². The Balaban J connectivity index is 1.42. The fraction of sp³-hybridized carbons (Fsp3) is 0.364. The van der Waals surface area contributed by atoms with Gasteiger partial charge >= 0.3 is 0 Å². The van der Waals surface area contributed by atoms with E-state index in [1.807, 2.05) is 6.07 Å². The number of hydrogen-bond donors (Lipinski definition) is 3. The minimum Gasteiger partial charge on any atom is -0.506 e. The number of amides is 1. The molecule has 3 aromatic rings. The van der Waals surface area contributed by atoms with Crippen LogP contribution in [0.3, 0.4) is 0 Å². The number of carbonyl (C=O) groups is 1. The van der Waals surface area contributed by atoms with Gasteiger partial charge in [0.2, 0.25) is 0 Å². The molecule has 0 saturated carbocycles. The predicted molar refractivity (Wildman–Crippen MR) is 114 cm³/mol. The zero-order chi connectivity index (χ0) is 20.9. The number of morpholine rings is 1. The van der Waals surface area contributed by atoms with E-state index in [-0.39, 0.29) is 11.7 Å². The lowest BCUT2D eigenvalue weighted by atomic mass is 10.1. The number of methoxy groups -OCH3 is 1. The van der Waals surface area contributed by atoms with E-state index in [0.29, 0.717) is 29.2 Å². The Hall–Kier alpha value is -3.10. The Kier molecular flexibility index (Phi) is 6.15. The molecule has 158 valence electrons. The summed E-state index contributed by atoms with van der Waals surface area (Å²) in [6.07, 6.45) is 0.892. The number of nitrogens with one attached hydrogen (secondary N) is 2. The van der Waals surface area contributed by atoms with E-state index >= 15 is 0 Å². The average molecular weight is 410 g/mol. The summed E-state index contributed by atoms with van der Waals surface area (Å²) in [5.74, 6) is 1.08. The van der Waals surface area contributed by atoms with Crippen LogP contribution in [0.2, 0.25) is 0 Å². The van der Waals surface area contributed by atoms with E-state index < -0.39 is 0 Å². The first kappa shape index (κ1) is 20.2. The molecule has 0 bridgehead atoms. The number of carbonyl (C=O) groups excluding carboxylic acids is 1. The quantitative estimate of drug-likeness (QED) is 0.517. The summed E-state index contributed by atoms with van der Waals surface area (Å²) in [5, 5.41) is 13.0. The van der Waals surface area contributed by atoms with Crippen LogP contribution in [-0.4, -0.2) is 72.4 Å². The number of aromatic hydroxyl groups is 1. The number of rotatable bonds is 7. The molecule has 0 radical (unpaired) electrons. The number of imidazole rings is 1. The zero-order valence-corrected chi connectivity index (χ0v) is 17.0. The molecule has 1 amide bonds. The van der Waals surface area contributed by atoms with Crippen LogP contribution in [0.25, 0.3) is 22.4 Å². The number of H-pyrrole nitrogens is 1. The molecular weight excluding hydrogens is 384 g/mol. The van der Waals surface area contributed by atoms with E-state index in [1.54, 1.807) is 37.4 Å². The van der Waals surface area contributed by atoms with Crippen molar-refractivity contribution in [1.29, 1.82) is 0 Å². The second kappa shape index (κ2) is 9.15. The number of phenols is 1. The van der Waals surface area contributed by atoms with E-state index in [1.165, 1.54) is 0 Å². The molecule has 30 heavy (non-hydrogen) atoms. The Bertz CT molecular complexity index is 1030. The van der Waals surface area contributed by atoms with Gasteiger partial charge in [-0.05, 0) is 43.3 Å². The Labute approximate surface area is 174 Å². The van der Waals surface area contributed by atoms with E-state index in [4.69, 9.17) is 9.47 Å². The van der Waals surface area contributed by atoms with Gasteiger partial charge in [0.05, 0.1) is 31.4 Å². The van der Waals surface area contributed by atoms with Gasteiger partial charge in [-0.1, -0.05) is 6.07 Å². The van der Waals surface area contributed by atoms with Crippen LogP contribution in [0.15, 0.2) is 36.4 Å². The van der Waals surface area contributed by atoms with Gasteiger partial charge in [0, 0.05) is 25.2 Å². The molecule has 1 aromatic heterocycles. The standard InChI is InChI=1S/C22H26N4O4/c1-29-19-14-15(22(28)23-8-3-9-26-10-12-30-13-11-26)6-7-16(19)21-24-17-4-2-5-18(27)20(17)25-21/h2,4-7,14,27H,3,8-13H2,1H3,(H,23,28)(H,24,25). The molecule has 8 nitrogen and oxygen atoms in total. The van der Waals surface area contributed by atoms with Gasteiger partial charge in [0.1, 0.15) is 22.8 Å². The number of ether oxygens (including phenoxy) is 2. The molecule has 8 heteroatoms. The van der Waals surface area contributed by atoms with Crippen molar-refractivity contribution in [1.82, 2.24) is 20.2 Å². The van der Waals surface area contributed by atoms with Crippen molar-refractivity contribution in [2.45, 2.75) is 6.42 Å². The third-order valence-corrected chi connectivity index (χ3v) is 5.25. The van der Waals surface area contributed by atoms with Crippen LogP contribution in [0.4, 0.5) is 0 Å². The molecule has 4 rings (SSSR count). The highest BCUT2D eigenvalue weighted by Gasteiger charge is 2.16. The van der Waals surface area contributed by atoms with Crippen molar-refractivity contribution >= 4 is 16.9 Å². The van der Waals surface area contributed by atoms with Gasteiger partial charge < -0.3 is 24.9 Å². The summed E-state index contributed by atoms with van der Waals surface area (Å²) in [6.45, 7) is 5.03. The third kappa shape index (κ3) is 4.39. The lowest BCUT2D eigenvalue weighted by Crippen LogP contribution is -2.38. The third-order valence-electron chi connectivity index (χ3n) is 5.25. The predicted octanol–water partition coefficient (Wildman–Crippen LogP) is 2.40. The van der Waals surface area contributed by atoms with Gasteiger partial charge in [0.15, 0.2) is 0 Å². The van der Waals surface area contributed by atoms with Crippen molar-refractivity contribution in [3.63, 3.8) is 0 Å². The minimum absolute atomic E-state index is 0.113. The van der Waals surface area contributed by atoms with Crippen LogP contribution >= 0.6 is 0 Å². The van der Waals surface area contributed by atoms with Crippen LogP contribution in [-0.2, 0) is 4.74 Å². The first-order valence-electron chi connectivity index (χ1n) is 10.1. The summed E-state index contributed by atoms with van der Waals surface area (Å²) >= 11 is 0. The number of nitrogens with zero attached hydrogens (tertiary/aromatic N) is 2. The summed E-state index contributed by atoms with van der Waals surface area (Å²) in [6, 6.07) is 10.5. The van der Waals surface area contributed by atoms with E-state index in [9.17, 15) is 9.90 Å². The number of para-hydroxylation sites is 1. The molecule has 3 N–H and O–H groups in total. The molecule has 1 aliphatic rings. The number of hydrogen-bond acceptors (Lipinski definition) is 6. The molecule has 0 spiro atoms. The number of phenolic OH excluding ortho intramolecular Hbond substituents is 1. The van der Waals surface area contributed by atoms with Crippen molar-refractivity contribution in [3.05, 3.63) is 42.0 Å². The van der Waals surface area contributed by atoms with E-state index in [2.05, 4.69) is 20.2 Å². The molecule has 1 aliphatic heterocycles. The monoisotopic (exact) mass is 410 g/mol. The minimum atomic E-state index is -0.135. The van der Waals surface area contributed by atoms with Gasteiger partial charge in [-0.25, -0.2) is 4.98 Å². The number of aromatic amines is 1. The highest BCUT2D eigenvalue weighted by atomic mass is 16.5. The topological polar surface area (TPSA) is 99.7 Å². The maximum atomic E-state index is 12.5. The lowest BCUT2D eigenvalue weighted by Gasteiger charge is -2.26. The number of aromatic nitrogens is 2. The first-order valence-corrected chi connectivity index (χ1v) is 10.1. The fourth-order valence-corrected chi connectivity index (χ4v) is 3.60. The number of benzene rings is 2. The van der Waals surface area contributed by atoms with Gasteiger partial charge in [-0.2, -0.15) is 0 Å². The lowest BCUT2D eigenvalue weighted by molar-refractivity contribution is 0.0374. The van der Waals surface area contributed by atoms with Crippen LogP contribution in [0.5, 0.6) is 11.5 Å². The van der Waals surface area contributed by atoms with E-state index in [0.717, 1.165) is 50.3 Å². The fourth-order valence-electron chi connectivity index (χ4n) is 3.60. The van der Waals surface area contributed by atoms with Crippen LogP contribution in [0, 0.1) is 0 Å². The summed E-state index contributed by atoms with van der Waals surface area (Å²) in [7, 11) is 1.56. The van der Waals surface area contributed by atoms with Crippen LogP contribution in [0.1, 0.15) is 16.8 Å². The molecule has 2 heterocycles. The smallest absolute Gasteiger partial charge is 0.251 e. The molecule has 0 atom stereocenters. The molecule has 1 fully saturated rings. The zero-order valence-electron chi connectivity index (χ0n) is 17.0. The maximum absolute atomic E-state index is 12.5. The average Bonchev–Trinajstić information content (AvgIpc) is 3.22. The van der Waals surface area contributed by atoms with Gasteiger partial charge in [-0.3, -0.25) is 9.69 Å². The summed E-state index contributed by atoms with van der Waals surface area (Å²) in [4.78, 5) is 22.5. The Morgan fingerprint density at radius 1 is 1.30 bits per heavy atom. The Morgan fingerprint density at radius 2 is 2.13 bits per heavy atom. The normalized spacial score (nSPS) is 14.7. The first-order chi connectivity index (χ1) is 14.7. The number of fused-ring (bicyclic) bond motifs is 1. The van der Waals surface area contributed by atoms with Crippen molar-refractivity contribution in [3.8, 4) is 22.9 Å². The second-order valence-electron chi connectivity index (χ2n) is 7.24. The Morgan fingerprint density at radius 3 is 2.90 bits per heavy atom. The molecule has 0 unspecified atom stereocenters. The van der Waals surface area contributed by atoms with Crippen LogP contribution < -0.4 is 10.1 Å². The van der Waals surface area contributed by atoms with Gasteiger partial charge in [-0.15, -0.1) is 0 Å². The highest BCUT2D eigenvalue weighted by Crippen LogP contribution is 2.32. The van der Waals surface area contributed by atoms with Crippen molar-refractivity contribution < 1.29 is 19.4 Å². The molecule has 2 aromatic carbocycles. The highest BCUT2D eigenvalue weighted by molar-refractivity contribution is 5.95. The summed E-state index contributed by atoms with van der Waals surface area (Å²) in [5.41, 5.74) is 2.48.